The standard InChI is InChI=1S/C23H22ClN5O3/c1-31-19-14-20(32-2)18(13-16(19)24)28-23(30)26-12-10-21-27-17-9-6-11-25-22(17)29(21)15-7-4-3-5-8-15/h3-9,11,13-14H,10,12H2,1-2H3,(H2,26,28,30). The molecule has 2 amide bonds. The van der Waals surface area contributed by atoms with Gasteiger partial charge < -0.3 is 20.1 Å². The number of hydrogen-bond acceptors (Lipinski definition) is 5. The zero-order chi connectivity index (χ0) is 22.5. The van der Waals surface area contributed by atoms with Gasteiger partial charge in [0.25, 0.3) is 0 Å². The molecule has 4 rings (SSSR count). The van der Waals surface area contributed by atoms with E-state index in [9.17, 15) is 4.79 Å². The van der Waals surface area contributed by atoms with Gasteiger partial charge in [0.1, 0.15) is 22.8 Å². The third-order valence-electron chi connectivity index (χ3n) is 4.86. The maximum atomic E-state index is 12.5. The van der Waals surface area contributed by atoms with Gasteiger partial charge in [0.15, 0.2) is 5.65 Å². The molecular formula is C23H22ClN5O3. The van der Waals surface area contributed by atoms with E-state index in [1.165, 1.54) is 14.2 Å². The van der Waals surface area contributed by atoms with Gasteiger partial charge in [0, 0.05) is 30.9 Å². The van der Waals surface area contributed by atoms with E-state index < -0.39 is 0 Å². The van der Waals surface area contributed by atoms with Crippen molar-refractivity contribution >= 4 is 34.5 Å². The number of urea groups is 1. The number of para-hydroxylation sites is 1. The molecule has 2 aromatic carbocycles. The minimum Gasteiger partial charge on any atom is -0.495 e. The summed E-state index contributed by atoms with van der Waals surface area (Å²) in [4.78, 5) is 21.7. The summed E-state index contributed by atoms with van der Waals surface area (Å²) < 4.78 is 12.5. The predicted octanol–water partition coefficient (Wildman–Crippen LogP) is 4.46. The molecule has 0 spiro atoms. The molecule has 2 heterocycles. The summed E-state index contributed by atoms with van der Waals surface area (Å²) in [6.07, 6.45) is 2.26. The van der Waals surface area contributed by atoms with Crippen molar-refractivity contribution in [2.75, 3.05) is 26.1 Å². The highest BCUT2D eigenvalue weighted by Crippen LogP contribution is 2.35. The first kappa shape index (κ1) is 21.5. The minimum atomic E-state index is -0.384. The van der Waals surface area contributed by atoms with E-state index in [1.807, 2.05) is 47.0 Å². The van der Waals surface area contributed by atoms with Crippen LogP contribution in [0.2, 0.25) is 5.02 Å². The number of aromatic nitrogens is 3. The number of methoxy groups -OCH3 is 2. The Balaban J connectivity index is 1.47. The largest absolute Gasteiger partial charge is 0.495 e. The van der Waals surface area contributed by atoms with Crippen LogP contribution < -0.4 is 20.1 Å². The molecule has 0 unspecified atom stereocenters. The lowest BCUT2D eigenvalue weighted by molar-refractivity contribution is 0.252. The van der Waals surface area contributed by atoms with Crippen molar-refractivity contribution in [1.82, 2.24) is 19.9 Å². The summed E-state index contributed by atoms with van der Waals surface area (Å²) in [7, 11) is 3.02. The molecule has 0 saturated carbocycles. The highest BCUT2D eigenvalue weighted by molar-refractivity contribution is 6.32. The molecule has 2 N–H and O–H groups in total. The van der Waals surface area contributed by atoms with Gasteiger partial charge in [0.05, 0.1) is 24.9 Å². The maximum absolute atomic E-state index is 12.5. The molecular weight excluding hydrogens is 430 g/mol. The highest BCUT2D eigenvalue weighted by Gasteiger charge is 2.15. The van der Waals surface area contributed by atoms with Crippen LogP contribution in [0, 0.1) is 0 Å². The summed E-state index contributed by atoms with van der Waals surface area (Å²) in [5.41, 5.74) is 2.98. The van der Waals surface area contributed by atoms with Crippen LogP contribution in [0.15, 0.2) is 60.8 Å². The van der Waals surface area contributed by atoms with Crippen LogP contribution in [0.4, 0.5) is 10.5 Å². The zero-order valence-electron chi connectivity index (χ0n) is 17.6. The number of carbonyl (C=O) groups excluding carboxylic acids is 1. The number of fused-ring (bicyclic) bond motifs is 1. The second kappa shape index (κ2) is 9.57. The van der Waals surface area contributed by atoms with Crippen LogP contribution in [-0.4, -0.2) is 41.3 Å². The van der Waals surface area contributed by atoms with Gasteiger partial charge in [0.2, 0.25) is 0 Å². The van der Waals surface area contributed by atoms with Crippen molar-refractivity contribution in [1.29, 1.82) is 0 Å². The molecule has 0 atom stereocenters. The van der Waals surface area contributed by atoms with Crippen LogP contribution in [0.25, 0.3) is 16.9 Å². The number of halogens is 1. The average Bonchev–Trinajstić information content (AvgIpc) is 3.18. The third kappa shape index (κ3) is 4.45. The number of amides is 2. The lowest BCUT2D eigenvalue weighted by Gasteiger charge is -2.14. The van der Waals surface area contributed by atoms with Crippen LogP contribution in [0.5, 0.6) is 11.5 Å². The van der Waals surface area contributed by atoms with Crippen LogP contribution >= 0.6 is 11.6 Å². The van der Waals surface area contributed by atoms with Gasteiger partial charge in [-0.1, -0.05) is 29.8 Å². The van der Waals surface area contributed by atoms with Gasteiger partial charge >= 0.3 is 6.03 Å². The first-order valence-electron chi connectivity index (χ1n) is 9.95. The summed E-state index contributed by atoms with van der Waals surface area (Å²) in [6, 6.07) is 16.5. The van der Waals surface area contributed by atoms with Gasteiger partial charge in [-0.25, -0.2) is 14.8 Å². The van der Waals surface area contributed by atoms with E-state index in [2.05, 4.69) is 15.6 Å². The van der Waals surface area contributed by atoms with Crippen molar-refractivity contribution in [3.8, 4) is 17.2 Å². The monoisotopic (exact) mass is 451 g/mol. The Bertz CT molecular complexity index is 1240. The van der Waals surface area contributed by atoms with E-state index in [0.29, 0.717) is 35.2 Å². The molecule has 0 aliphatic rings. The van der Waals surface area contributed by atoms with Gasteiger partial charge in [-0.05, 0) is 30.3 Å². The molecule has 164 valence electrons. The molecule has 32 heavy (non-hydrogen) atoms. The molecule has 8 nitrogen and oxygen atoms in total. The molecule has 0 saturated heterocycles. The lowest BCUT2D eigenvalue weighted by Crippen LogP contribution is -2.31. The number of benzene rings is 2. The number of ether oxygens (including phenoxy) is 2. The molecule has 4 aromatic rings. The van der Waals surface area contributed by atoms with Crippen molar-refractivity contribution in [2.24, 2.45) is 0 Å². The summed E-state index contributed by atoms with van der Waals surface area (Å²) in [5.74, 6) is 1.71. The van der Waals surface area contributed by atoms with Gasteiger partial charge in [-0.3, -0.25) is 4.57 Å². The van der Waals surface area contributed by atoms with Crippen molar-refractivity contribution in [2.45, 2.75) is 6.42 Å². The predicted molar refractivity (Wildman–Crippen MR) is 124 cm³/mol. The molecule has 0 fully saturated rings. The lowest BCUT2D eigenvalue weighted by atomic mass is 10.2. The Kier molecular flexibility index (Phi) is 6.42. The number of anilines is 1. The molecule has 2 aromatic heterocycles. The molecule has 0 aliphatic carbocycles. The van der Waals surface area contributed by atoms with Crippen molar-refractivity contribution in [3.63, 3.8) is 0 Å². The third-order valence-corrected chi connectivity index (χ3v) is 5.15. The summed E-state index contributed by atoms with van der Waals surface area (Å²) in [5, 5.41) is 5.97. The number of nitrogens with zero attached hydrogens (tertiary/aromatic N) is 3. The smallest absolute Gasteiger partial charge is 0.319 e. The fourth-order valence-corrected chi connectivity index (χ4v) is 3.63. The van der Waals surface area contributed by atoms with Crippen LogP contribution in [0.1, 0.15) is 5.82 Å². The second-order valence-corrected chi connectivity index (χ2v) is 7.27. The Morgan fingerprint density at radius 2 is 1.84 bits per heavy atom. The topological polar surface area (TPSA) is 90.3 Å². The van der Waals surface area contributed by atoms with E-state index in [1.54, 1.807) is 18.3 Å². The zero-order valence-corrected chi connectivity index (χ0v) is 18.4. The fourth-order valence-electron chi connectivity index (χ4n) is 3.39. The molecule has 0 radical (unpaired) electrons. The number of rotatable bonds is 7. The van der Waals surface area contributed by atoms with E-state index in [-0.39, 0.29) is 6.03 Å². The number of hydrogen-bond donors (Lipinski definition) is 2. The average molecular weight is 452 g/mol. The quantitative estimate of drug-likeness (QED) is 0.433. The van der Waals surface area contributed by atoms with E-state index >= 15 is 0 Å². The summed E-state index contributed by atoms with van der Waals surface area (Å²) in [6.45, 7) is 0.369. The normalized spacial score (nSPS) is 10.7. The molecule has 0 bridgehead atoms. The number of nitrogens with one attached hydrogen (secondary N) is 2. The first-order valence-corrected chi connectivity index (χ1v) is 10.3. The molecule has 0 aliphatic heterocycles. The summed E-state index contributed by atoms with van der Waals surface area (Å²) >= 11 is 6.17. The SMILES string of the molecule is COc1cc(OC)c(NC(=O)NCCc2nc3cccnc3n2-c2ccccc2)cc1Cl. The number of carbonyl (C=O) groups is 1. The van der Waals surface area contributed by atoms with Crippen molar-refractivity contribution < 1.29 is 14.3 Å². The number of pyridine rings is 1. The van der Waals surface area contributed by atoms with Crippen molar-refractivity contribution in [3.05, 3.63) is 71.6 Å². The first-order chi connectivity index (χ1) is 15.6. The highest BCUT2D eigenvalue weighted by atomic mass is 35.5. The van der Waals surface area contributed by atoms with Crippen LogP contribution in [0.3, 0.4) is 0 Å². The van der Waals surface area contributed by atoms with Gasteiger partial charge in [-0.15, -0.1) is 0 Å². The second-order valence-electron chi connectivity index (χ2n) is 6.86. The minimum absolute atomic E-state index is 0.368. The molecule has 9 heteroatoms. The maximum Gasteiger partial charge on any atom is 0.319 e. The van der Waals surface area contributed by atoms with Crippen LogP contribution in [-0.2, 0) is 6.42 Å². The fraction of sp³-hybridized carbons (Fsp3) is 0.174. The Labute approximate surface area is 190 Å². The Morgan fingerprint density at radius 3 is 2.59 bits per heavy atom. The van der Waals surface area contributed by atoms with E-state index in [4.69, 9.17) is 26.1 Å². The Hall–Kier alpha value is -3.78. The Morgan fingerprint density at radius 1 is 1.06 bits per heavy atom. The van der Waals surface area contributed by atoms with E-state index in [0.717, 1.165) is 22.7 Å². The van der Waals surface area contributed by atoms with Gasteiger partial charge in [-0.2, -0.15) is 0 Å². The number of imidazole rings is 1.